The minimum atomic E-state index is -0.997. The largest absolute Gasteiger partial charge is 0.384 e. The van der Waals surface area contributed by atoms with Crippen LogP contribution in [0.2, 0.25) is 0 Å². The number of carbonyl (C=O) groups is 2. The van der Waals surface area contributed by atoms with Gasteiger partial charge in [-0.05, 0) is 55.8 Å². The summed E-state index contributed by atoms with van der Waals surface area (Å²) >= 11 is 0. The molecule has 4 N–H and O–H groups in total. The van der Waals surface area contributed by atoms with Gasteiger partial charge in [0.05, 0.1) is 6.04 Å². The Morgan fingerprint density at radius 2 is 1.97 bits per heavy atom. The number of nitrogens with one attached hydrogen (secondary N) is 2. The number of benzene rings is 1. The van der Waals surface area contributed by atoms with E-state index in [9.17, 15) is 18.4 Å². The molecule has 2 atom stereocenters. The summed E-state index contributed by atoms with van der Waals surface area (Å²) in [7, 11) is 1.88. The lowest BCUT2D eigenvalue weighted by Gasteiger charge is -2.32. The monoisotopic (exact) mass is 431 g/mol. The van der Waals surface area contributed by atoms with E-state index < -0.39 is 23.6 Å². The Labute approximate surface area is 180 Å². The van der Waals surface area contributed by atoms with E-state index in [1.54, 1.807) is 18.3 Å². The maximum absolute atomic E-state index is 13.7. The number of pyridine rings is 1. The van der Waals surface area contributed by atoms with Gasteiger partial charge < -0.3 is 16.4 Å². The highest BCUT2D eigenvalue weighted by Gasteiger charge is 2.29. The lowest BCUT2D eigenvalue weighted by atomic mass is 10.0. The summed E-state index contributed by atoms with van der Waals surface area (Å²) < 4.78 is 26.9. The molecule has 7 nitrogen and oxygen atoms in total. The molecule has 1 fully saturated rings. The zero-order valence-electron chi connectivity index (χ0n) is 17.4. The van der Waals surface area contributed by atoms with Crippen molar-refractivity contribution in [1.29, 1.82) is 0 Å². The Bertz CT molecular complexity index is 923. The molecule has 0 radical (unpaired) electrons. The predicted octanol–water partition coefficient (Wildman–Crippen LogP) is 1.77. The molecule has 9 heteroatoms. The number of anilines is 1. The fourth-order valence-corrected chi connectivity index (χ4v) is 3.64. The molecule has 2 heterocycles. The Hall–Kier alpha value is -3.07. The second-order valence-electron chi connectivity index (χ2n) is 7.82. The number of hydrogen-bond acceptors (Lipinski definition) is 5. The topological polar surface area (TPSA) is 100 Å². The number of likely N-dealkylation sites (tertiary alicyclic amines) is 1. The SMILES string of the molecule is CN1CCCC[C@@H]1C(=O)N[C@@H](Cc1ccc(F)c(F)c1)C(=O)NCc1ccc(N)nc1. The first-order chi connectivity index (χ1) is 14.8. The zero-order valence-corrected chi connectivity index (χ0v) is 17.4. The molecule has 1 aromatic carbocycles. The van der Waals surface area contributed by atoms with Gasteiger partial charge >= 0.3 is 0 Å². The van der Waals surface area contributed by atoms with Gasteiger partial charge in [0, 0.05) is 19.2 Å². The van der Waals surface area contributed by atoms with Crippen molar-refractivity contribution in [2.45, 2.75) is 44.3 Å². The van der Waals surface area contributed by atoms with Crippen molar-refractivity contribution >= 4 is 17.6 Å². The molecule has 0 bridgehead atoms. The van der Waals surface area contributed by atoms with E-state index in [-0.39, 0.29) is 24.9 Å². The third kappa shape index (κ3) is 6.21. The van der Waals surface area contributed by atoms with Crippen LogP contribution in [0.1, 0.15) is 30.4 Å². The Morgan fingerprint density at radius 3 is 2.65 bits per heavy atom. The molecule has 1 saturated heterocycles. The van der Waals surface area contributed by atoms with Crippen LogP contribution >= 0.6 is 0 Å². The van der Waals surface area contributed by atoms with Crippen LogP contribution in [0.4, 0.5) is 14.6 Å². The molecule has 31 heavy (non-hydrogen) atoms. The van der Waals surface area contributed by atoms with E-state index in [1.165, 1.54) is 6.07 Å². The zero-order chi connectivity index (χ0) is 22.4. The third-order valence-electron chi connectivity index (χ3n) is 5.44. The normalized spacial score (nSPS) is 17.7. The van der Waals surface area contributed by atoms with Gasteiger partial charge in [0.25, 0.3) is 0 Å². The first-order valence-electron chi connectivity index (χ1n) is 10.3. The molecule has 1 aliphatic rings. The summed E-state index contributed by atoms with van der Waals surface area (Å²) in [5.74, 6) is -2.26. The van der Waals surface area contributed by atoms with Crippen LogP contribution in [0.3, 0.4) is 0 Å². The van der Waals surface area contributed by atoms with Gasteiger partial charge in [-0.1, -0.05) is 18.6 Å². The van der Waals surface area contributed by atoms with Crippen LogP contribution in [-0.4, -0.2) is 47.4 Å². The maximum atomic E-state index is 13.7. The number of hydrogen-bond donors (Lipinski definition) is 3. The van der Waals surface area contributed by atoms with Gasteiger partial charge in [-0.3, -0.25) is 14.5 Å². The minimum Gasteiger partial charge on any atom is -0.384 e. The standard InChI is InChI=1S/C22H27F2N5O2/c1-29-9-3-2-4-19(29)22(31)28-18(11-14-5-7-16(23)17(24)10-14)21(30)27-13-15-6-8-20(25)26-12-15/h5-8,10,12,18-19H,2-4,9,11,13H2,1H3,(H2,25,26)(H,27,30)(H,28,31)/t18-,19+/m0/s1. The Balaban J connectivity index is 1.71. The first kappa shape index (κ1) is 22.6. The molecular weight excluding hydrogens is 404 g/mol. The van der Waals surface area contributed by atoms with Crippen molar-refractivity contribution in [1.82, 2.24) is 20.5 Å². The number of carbonyl (C=O) groups excluding carboxylic acids is 2. The fourth-order valence-electron chi connectivity index (χ4n) is 3.64. The highest BCUT2D eigenvalue weighted by molar-refractivity contribution is 5.90. The second-order valence-corrected chi connectivity index (χ2v) is 7.82. The number of nitrogen functional groups attached to an aromatic ring is 1. The first-order valence-corrected chi connectivity index (χ1v) is 10.3. The molecule has 2 amide bonds. The van der Waals surface area contributed by atoms with E-state index in [1.807, 2.05) is 11.9 Å². The lowest BCUT2D eigenvalue weighted by Crippen LogP contribution is -2.54. The lowest BCUT2D eigenvalue weighted by molar-refractivity contribution is -0.132. The summed E-state index contributed by atoms with van der Waals surface area (Å²) in [6, 6.07) is 5.56. The van der Waals surface area contributed by atoms with Gasteiger partial charge in [-0.2, -0.15) is 0 Å². The number of nitrogens with two attached hydrogens (primary N) is 1. The number of amides is 2. The molecule has 0 spiro atoms. The maximum Gasteiger partial charge on any atom is 0.243 e. The summed E-state index contributed by atoms with van der Waals surface area (Å²) in [4.78, 5) is 31.7. The predicted molar refractivity (Wildman–Crippen MR) is 113 cm³/mol. The summed E-state index contributed by atoms with van der Waals surface area (Å²) in [5.41, 5.74) is 6.72. The third-order valence-corrected chi connectivity index (χ3v) is 5.44. The second kappa shape index (κ2) is 10.3. The van der Waals surface area contributed by atoms with Crippen LogP contribution in [-0.2, 0) is 22.6 Å². The molecule has 0 unspecified atom stereocenters. The number of nitrogens with zero attached hydrogens (tertiary/aromatic N) is 2. The highest BCUT2D eigenvalue weighted by atomic mass is 19.2. The molecule has 2 aromatic rings. The van der Waals surface area contributed by atoms with E-state index >= 15 is 0 Å². The molecule has 1 aromatic heterocycles. The Morgan fingerprint density at radius 1 is 1.19 bits per heavy atom. The smallest absolute Gasteiger partial charge is 0.243 e. The van der Waals surface area contributed by atoms with Gasteiger partial charge in [0.15, 0.2) is 11.6 Å². The van der Waals surface area contributed by atoms with Crippen LogP contribution in [0.5, 0.6) is 0 Å². The van der Waals surface area contributed by atoms with Crippen molar-refractivity contribution in [2.75, 3.05) is 19.3 Å². The van der Waals surface area contributed by atoms with Crippen LogP contribution in [0.15, 0.2) is 36.5 Å². The molecule has 0 saturated carbocycles. The van der Waals surface area contributed by atoms with E-state index in [0.29, 0.717) is 17.8 Å². The quantitative estimate of drug-likeness (QED) is 0.621. The number of likely N-dealkylation sites (N-methyl/N-ethyl adjacent to an activating group) is 1. The molecule has 3 rings (SSSR count). The van der Waals surface area contributed by atoms with Gasteiger partial charge in [0.1, 0.15) is 11.9 Å². The number of piperidine rings is 1. The van der Waals surface area contributed by atoms with Gasteiger partial charge in [-0.15, -0.1) is 0 Å². The average molecular weight is 431 g/mol. The van der Waals surface area contributed by atoms with E-state index in [0.717, 1.165) is 37.1 Å². The number of rotatable bonds is 7. The number of aromatic nitrogens is 1. The molecular formula is C22H27F2N5O2. The van der Waals surface area contributed by atoms with Crippen molar-refractivity contribution in [3.8, 4) is 0 Å². The van der Waals surface area contributed by atoms with Crippen molar-refractivity contribution < 1.29 is 18.4 Å². The van der Waals surface area contributed by atoms with Gasteiger partial charge in [0.2, 0.25) is 11.8 Å². The van der Waals surface area contributed by atoms with Crippen molar-refractivity contribution in [3.63, 3.8) is 0 Å². The van der Waals surface area contributed by atoms with Gasteiger partial charge in [-0.25, -0.2) is 13.8 Å². The highest BCUT2D eigenvalue weighted by Crippen LogP contribution is 2.16. The van der Waals surface area contributed by atoms with Crippen LogP contribution < -0.4 is 16.4 Å². The summed E-state index contributed by atoms with van der Waals surface area (Å²) in [5, 5.41) is 5.57. The Kier molecular flexibility index (Phi) is 7.51. The van der Waals surface area contributed by atoms with Crippen LogP contribution in [0.25, 0.3) is 0 Å². The van der Waals surface area contributed by atoms with Crippen molar-refractivity contribution in [3.05, 3.63) is 59.3 Å². The fraction of sp³-hybridized carbons (Fsp3) is 0.409. The summed E-state index contributed by atoms with van der Waals surface area (Å²) in [6.45, 7) is 1.00. The molecule has 0 aliphatic carbocycles. The summed E-state index contributed by atoms with van der Waals surface area (Å²) in [6.07, 6.45) is 4.25. The number of halogens is 2. The minimum absolute atomic E-state index is 0.0329. The molecule has 1 aliphatic heterocycles. The van der Waals surface area contributed by atoms with Crippen LogP contribution in [0, 0.1) is 11.6 Å². The van der Waals surface area contributed by atoms with E-state index in [2.05, 4.69) is 15.6 Å². The van der Waals surface area contributed by atoms with Crippen molar-refractivity contribution in [2.24, 2.45) is 0 Å². The van der Waals surface area contributed by atoms with E-state index in [4.69, 9.17) is 5.73 Å². The molecule has 166 valence electrons. The average Bonchev–Trinajstić information content (AvgIpc) is 2.75.